The number of aryl methyl sites for hydroxylation is 1. The number of hydrogen-bond donors (Lipinski definition) is 0. The van der Waals surface area contributed by atoms with Gasteiger partial charge < -0.3 is 0 Å². The second-order valence-corrected chi connectivity index (χ2v) is 4.21. The largest absolute Gasteiger partial charge is 0.233 e. The molecule has 0 saturated carbocycles. The van der Waals surface area contributed by atoms with Gasteiger partial charge in [0.2, 0.25) is 0 Å². The molecule has 0 radical (unpaired) electrons. The third-order valence-corrected chi connectivity index (χ3v) is 3.07. The molecule has 1 heterocycles. The van der Waals surface area contributed by atoms with Crippen molar-refractivity contribution < 1.29 is 4.39 Å². The van der Waals surface area contributed by atoms with Crippen LogP contribution in [0.4, 0.5) is 4.39 Å². The van der Waals surface area contributed by atoms with Crippen molar-refractivity contribution in [3.63, 3.8) is 0 Å². The Bertz CT molecular complexity index is 683. The number of fused-ring (bicyclic) bond motifs is 1. The van der Waals surface area contributed by atoms with Crippen molar-refractivity contribution in [2.75, 3.05) is 0 Å². The van der Waals surface area contributed by atoms with Crippen LogP contribution in [0.3, 0.4) is 0 Å². The van der Waals surface area contributed by atoms with Crippen molar-refractivity contribution in [2.24, 2.45) is 0 Å². The first-order chi connectivity index (χ1) is 8.79. The van der Waals surface area contributed by atoms with Crippen molar-refractivity contribution in [1.29, 1.82) is 0 Å². The zero-order valence-corrected chi connectivity index (χ0v) is 10.1. The van der Waals surface area contributed by atoms with Crippen LogP contribution >= 0.6 is 0 Å². The number of halogens is 1. The number of nitrogens with zero attached hydrogens (tertiary/aromatic N) is 2. The van der Waals surface area contributed by atoms with Gasteiger partial charge in [-0.05, 0) is 36.8 Å². The fourth-order valence-corrected chi connectivity index (χ4v) is 2.17. The van der Waals surface area contributed by atoms with Crippen LogP contribution in [0.1, 0.15) is 12.6 Å². The van der Waals surface area contributed by atoms with Crippen LogP contribution in [0, 0.1) is 5.82 Å². The van der Waals surface area contributed by atoms with Gasteiger partial charge in [-0.2, -0.15) is 5.10 Å². The minimum absolute atomic E-state index is 0.231. The lowest BCUT2D eigenvalue weighted by molar-refractivity contribution is 0.627. The third kappa shape index (κ3) is 1.68. The van der Waals surface area contributed by atoms with Crippen LogP contribution in [0.15, 0.2) is 48.5 Å². The van der Waals surface area contributed by atoms with Gasteiger partial charge in [-0.25, -0.2) is 9.07 Å². The first-order valence-corrected chi connectivity index (χ1v) is 6.02. The molecule has 3 rings (SSSR count). The zero-order valence-electron chi connectivity index (χ0n) is 10.1. The van der Waals surface area contributed by atoms with Gasteiger partial charge in [0.1, 0.15) is 5.82 Å². The van der Waals surface area contributed by atoms with E-state index in [9.17, 15) is 4.39 Å². The summed E-state index contributed by atoms with van der Waals surface area (Å²) < 4.78 is 14.8. The Morgan fingerprint density at radius 1 is 1.06 bits per heavy atom. The van der Waals surface area contributed by atoms with Gasteiger partial charge in [-0.3, -0.25) is 0 Å². The minimum Gasteiger partial charge on any atom is -0.233 e. The maximum Gasteiger partial charge on any atom is 0.123 e. The van der Waals surface area contributed by atoms with Gasteiger partial charge in [0, 0.05) is 5.39 Å². The fourth-order valence-electron chi connectivity index (χ4n) is 2.17. The number of para-hydroxylation sites is 1. The van der Waals surface area contributed by atoms with Crippen molar-refractivity contribution >= 4 is 10.9 Å². The molecular weight excluding hydrogens is 227 g/mol. The Morgan fingerprint density at radius 3 is 2.50 bits per heavy atom. The standard InChI is InChI=1S/C15H13FN2/c1-2-14-13-5-3-4-6-15(13)18(17-14)12-9-7-11(16)8-10-12/h3-10H,2H2,1H3. The summed E-state index contributed by atoms with van der Waals surface area (Å²) in [5.41, 5.74) is 3.00. The Balaban J connectivity index is 2.26. The van der Waals surface area contributed by atoms with E-state index in [-0.39, 0.29) is 5.82 Å². The maximum absolute atomic E-state index is 13.0. The molecule has 0 N–H and O–H groups in total. The monoisotopic (exact) mass is 240 g/mol. The van der Waals surface area contributed by atoms with Crippen LogP contribution in [0.25, 0.3) is 16.6 Å². The van der Waals surface area contributed by atoms with Crippen LogP contribution in [0.2, 0.25) is 0 Å². The molecule has 2 aromatic carbocycles. The number of benzene rings is 2. The Morgan fingerprint density at radius 2 is 1.78 bits per heavy atom. The molecule has 3 heteroatoms. The minimum atomic E-state index is -0.231. The highest BCUT2D eigenvalue weighted by Crippen LogP contribution is 2.22. The van der Waals surface area contributed by atoms with Crippen LogP contribution in [-0.2, 0) is 6.42 Å². The Kier molecular flexibility index (Phi) is 2.59. The molecule has 0 aliphatic heterocycles. The van der Waals surface area contributed by atoms with Crippen molar-refractivity contribution in [3.8, 4) is 5.69 Å². The molecule has 0 bridgehead atoms. The number of hydrogen-bond acceptors (Lipinski definition) is 1. The molecule has 3 aromatic rings. The summed E-state index contributed by atoms with van der Waals surface area (Å²) in [5, 5.41) is 5.76. The zero-order chi connectivity index (χ0) is 12.5. The Labute approximate surface area is 105 Å². The molecule has 0 saturated heterocycles. The smallest absolute Gasteiger partial charge is 0.123 e. The van der Waals surface area contributed by atoms with E-state index >= 15 is 0 Å². The topological polar surface area (TPSA) is 17.8 Å². The average molecular weight is 240 g/mol. The molecule has 0 aliphatic rings. The van der Waals surface area contributed by atoms with Crippen LogP contribution in [-0.4, -0.2) is 9.78 Å². The van der Waals surface area contributed by atoms with E-state index in [2.05, 4.69) is 18.1 Å². The summed E-state index contributed by atoms with van der Waals surface area (Å²) in [7, 11) is 0. The van der Waals surface area contributed by atoms with E-state index < -0.39 is 0 Å². The van der Waals surface area contributed by atoms with Crippen molar-refractivity contribution in [3.05, 3.63) is 60.0 Å². The van der Waals surface area contributed by atoms with Crippen molar-refractivity contribution in [1.82, 2.24) is 9.78 Å². The van der Waals surface area contributed by atoms with Gasteiger partial charge >= 0.3 is 0 Å². The second-order valence-electron chi connectivity index (χ2n) is 4.21. The number of aromatic nitrogens is 2. The van der Waals surface area contributed by atoms with Gasteiger partial charge in [0.15, 0.2) is 0 Å². The van der Waals surface area contributed by atoms with Crippen LogP contribution < -0.4 is 0 Å². The first-order valence-electron chi connectivity index (χ1n) is 6.02. The van der Waals surface area contributed by atoms with Gasteiger partial charge in [-0.15, -0.1) is 0 Å². The average Bonchev–Trinajstić information content (AvgIpc) is 2.79. The predicted octanol–water partition coefficient (Wildman–Crippen LogP) is 3.73. The van der Waals surface area contributed by atoms with E-state index in [0.717, 1.165) is 28.7 Å². The van der Waals surface area contributed by atoms with E-state index in [4.69, 9.17) is 0 Å². The van der Waals surface area contributed by atoms with E-state index in [1.807, 2.05) is 22.9 Å². The molecule has 1 aromatic heterocycles. The van der Waals surface area contributed by atoms with Gasteiger partial charge in [0.05, 0.1) is 16.9 Å². The molecule has 0 unspecified atom stereocenters. The van der Waals surface area contributed by atoms with Gasteiger partial charge in [0.25, 0.3) is 0 Å². The maximum atomic E-state index is 13.0. The highest BCUT2D eigenvalue weighted by Gasteiger charge is 2.09. The summed E-state index contributed by atoms with van der Waals surface area (Å²) in [4.78, 5) is 0. The van der Waals surface area contributed by atoms with E-state index in [1.165, 1.54) is 12.1 Å². The third-order valence-electron chi connectivity index (χ3n) is 3.07. The quantitative estimate of drug-likeness (QED) is 0.667. The molecule has 2 nitrogen and oxygen atoms in total. The molecule has 0 spiro atoms. The Hall–Kier alpha value is -2.16. The molecule has 90 valence electrons. The fraction of sp³-hybridized carbons (Fsp3) is 0.133. The molecular formula is C15H13FN2. The van der Waals surface area contributed by atoms with E-state index in [1.54, 1.807) is 12.1 Å². The molecule has 0 aliphatic carbocycles. The van der Waals surface area contributed by atoms with E-state index in [0.29, 0.717) is 0 Å². The predicted molar refractivity (Wildman–Crippen MR) is 70.4 cm³/mol. The molecule has 0 amide bonds. The highest BCUT2D eigenvalue weighted by atomic mass is 19.1. The highest BCUT2D eigenvalue weighted by molar-refractivity contribution is 5.83. The number of rotatable bonds is 2. The summed E-state index contributed by atoms with van der Waals surface area (Å²) in [6.45, 7) is 2.09. The lowest BCUT2D eigenvalue weighted by atomic mass is 10.2. The normalized spacial score (nSPS) is 11.0. The molecule has 0 atom stereocenters. The SMILES string of the molecule is CCc1nn(-c2ccc(F)cc2)c2ccccc12. The summed E-state index contributed by atoms with van der Waals surface area (Å²) >= 11 is 0. The summed E-state index contributed by atoms with van der Waals surface area (Å²) in [5.74, 6) is -0.231. The summed E-state index contributed by atoms with van der Waals surface area (Å²) in [6, 6.07) is 14.5. The van der Waals surface area contributed by atoms with Crippen molar-refractivity contribution in [2.45, 2.75) is 13.3 Å². The molecule has 18 heavy (non-hydrogen) atoms. The molecule has 0 fully saturated rings. The first kappa shape index (κ1) is 11.0. The lowest BCUT2D eigenvalue weighted by Gasteiger charge is -2.02. The lowest BCUT2D eigenvalue weighted by Crippen LogP contribution is -1.96. The van der Waals surface area contributed by atoms with Gasteiger partial charge in [-0.1, -0.05) is 25.1 Å². The summed E-state index contributed by atoms with van der Waals surface area (Å²) in [6.07, 6.45) is 0.884. The van der Waals surface area contributed by atoms with Crippen LogP contribution in [0.5, 0.6) is 0 Å². The second kappa shape index (κ2) is 4.26.